The first-order chi connectivity index (χ1) is 9.84. The predicted molar refractivity (Wildman–Crippen MR) is 75.4 cm³/mol. The van der Waals surface area contributed by atoms with E-state index in [4.69, 9.17) is 5.84 Å². The maximum Gasteiger partial charge on any atom is 0.294 e. The van der Waals surface area contributed by atoms with Crippen LogP contribution in [0.4, 0.5) is 11.4 Å². The molecule has 1 saturated heterocycles. The summed E-state index contributed by atoms with van der Waals surface area (Å²) in [5.41, 5.74) is 1.70. The first-order valence-electron chi connectivity index (χ1n) is 6.09. The van der Waals surface area contributed by atoms with E-state index in [0.717, 1.165) is 0 Å². The Labute approximate surface area is 120 Å². The Morgan fingerprint density at radius 3 is 2.67 bits per heavy atom. The van der Waals surface area contributed by atoms with Gasteiger partial charge in [0, 0.05) is 12.1 Å². The number of hydrazine groups is 1. The molecule has 4 N–H and O–H groups in total. The first-order valence-corrected chi connectivity index (χ1v) is 7.91. The third kappa shape index (κ3) is 3.28. The van der Waals surface area contributed by atoms with Gasteiger partial charge >= 0.3 is 0 Å². The molecule has 0 spiro atoms. The van der Waals surface area contributed by atoms with Crippen LogP contribution in [-0.4, -0.2) is 36.8 Å². The molecule has 1 amide bonds. The number of rotatable bonds is 4. The smallest absolute Gasteiger partial charge is 0.294 e. The quantitative estimate of drug-likeness (QED) is 0.396. The third-order valence-corrected chi connectivity index (χ3v) is 4.96. The van der Waals surface area contributed by atoms with Crippen molar-refractivity contribution in [2.75, 3.05) is 16.9 Å². The van der Waals surface area contributed by atoms with Gasteiger partial charge in [-0.2, -0.15) is 0 Å². The van der Waals surface area contributed by atoms with Gasteiger partial charge in [0.2, 0.25) is 0 Å². The minimum absolute atomic E-state index is 0.00371. The van der Waals surface area contributed by atoms with E-state index in [1.807, 2.05) is 0 Å². The molecular weight excluding hydrogens is 300 g/mol. The van der Waals surface area contributed by atoms with Crippen LogP contribution in [0.15, 0.2) is 18.2 Å². The molecule has 1 unspecified atom stereocenters. The van der Waals surface area contributed by atoms with Crippen LogP contribution >= 0.6 is 0 Å². The molecule has 1 heterocycles. The zero-order valence-electron chi connectivity index (χ0n) is 10.9. The van der Waals surface area contributed by atoms with Gasteiger partial charge in [-0.1, -0.05) is 6.07 Å². The highest BCUT2D eigenvalue weighted by Crippen LogP contribution is 2.27. The molecule has 1 aromatic carbocycles. The molecule has 0 saturated carbocycles. The minimum Gasteiger partial charge on any atom is -0.348 e. The molecular formula is C11H14N4O5S. The average molecular weight is 314 g/mol. The highest BCUT2D eigenvalue weighted by atomic mass is 32.2. The van der Waals surface area contributed by atoms with Crippen molar-refractivity contribution in [2.24, 2.45) is 5.84 Å². The summed E-state index contributed by atoms with van der Waals surface area (Å²) in [4.78, 5) is 22.4. The fraction of sp³-hybridized carbons (Fsp3) is 0.364. The number of nitrogen functional groups attached to an aromatic ring is 1. The molecule has 1 aliphatic heterocycles. The van der Waals surface area contributed by atoms with Crippen molar-refractivity contribution in [3.63, 3.8) is 0 Å². The van der Waals surface area contributed by atoms with E-state index in [-0.39, 0.29) is 28.4 Å². The molecule has 0 bridgehead atoms. The van der Waals surface area contributed by atoms with Gasteiger partial charge in [0.1, 0.15) is 5.69 Å². The van der Waals surface area contributed by atoms with Crippen molar-refractivity contribution in [1.82, 2.24) is 5.32 Å². The van der Waals surface area contributed by atoms with Crippen LogP contribution < -0.4 is 16.6 Å². The normalized spacial score (nSPS) is 20.0. The molecule has 0 aliphatic carbocycles. The van der Waals surface area contributed by atoms with Crippen molar-refractivity contribution >= 4 is 27.1 Å². The number of hydrogen-bond donors (Lipinski definition) is 3. The van der Waals surface area contributed by atoms with Crippen molar-refractivity contribution in [2.45, 2.75) is 12.5 Å². The van der Waals surface area contributed by atoms with Crippen LogP contribution in [0.2, 0.25) is 0 Å². The molecule has 1 fully saturated rings. The van der Waals surface area contributed by atoms with Crippen molar-refractivity contribution in [3.8, 4) is 0 Å². The number of carbonyl (C=O) groups is 1. The number of nitro groups is 1. The van der Waals surface area contributed by atoms with Gasteiger partial charge in [0.15, 0.2) is 9.84 Å². The van der Waals surface area contributed by atoms with Crippen molar-refractivity contribution in [1.29, 1.82) is 0 Å². The van der Waals surface area contributed by atoms with E-state index in [0.29, 0.717) is 6.42 Å². The number of benzene rings is 1. The predicted octanol–water partition coefficient (Wildman–Crippen LogP) is -0.203. The number of para-hydroxylation sites is 1. The van der Waals surface area contributed by atoms with Gasteiger partial charge in [0.25, 0.3) is 11.6 Å². The number of hydrogen-bond acceptors (Lipinski definition) is 7. The maximum absolute atomic E-state index is 12.1. The Morgan fingerprint density at radius 1 is 1.43 bits per heavy atom. The molecule has 2 rings (SSSR count). The van der Waals surface area contributed by atoms with Crippen molar-refractivity contribution < 1.29 is 18.1 Å². The lowest BCUT2D eigenvalue weighted by Gasteiger charge is -2.13. The number of anilines is 1. The maximum atomic E-state index is 12.1. The summed E-state index contributed by atoms with van der Waals surface area (Å²) in [5, 5.41) is 13.4. The van der Waals surface area contributed by atoms with Crippen LogP contribution in [-0.2, 0) is 9.84 Å². The largest absolute Gasteiger partial charge is 0.348 e. The number of nitrogens with one attached hydrogen (secondary N) is 2. The lowest BCUT2D eigenvalue weighted by atomic mass is 10.1. The lowest BCUT2D eigenvalue weighted by molar-refractivity contribution is -0.384. The number of amides is 1. The van der Waals surface area contributed by atoms with E-state index in [2.05, 4.69) is 10.7 Å². The summed E-state index contributed by atoms with van der Waals surface area (Å²) in [6, 6.07) is 3.46. The molecule has 1 aliphatic rings. The summed E-state index contributed by atoms with van der Waals surface area (Å²) < 4.78 is 22.7. The van der Waals surface area contributed by atoms with Crippen molar-refractivity contribution in [3.05, 3.63) is 33.9 Å². The Hall–Kier alpha value is -2.20. The summed E-state index contributed by atoms with van der Waals surface area (Å²) in [6.07, 6.45) is 0.328. The summed E-state index contributed by atoms with van der Waals surface area (Å²) in [5.74, 6) is 4.54. The molecule has 0 radical (unpaired) electrons. The standard InChI is InChI=1S/C11H14N4O5S/c12-14-10-8(2-1-3-9(10)15(17)18)11(16)13-7-4-5-21(19,20)6-7/h1-3,7,14H,4-6,12H2,(H,13,16). The Bertz CT molecular complexity index is 688. The number of sulfone groups is 1. The SMILES string of the molecule is NNc1c(C(=O)NC2CCS(=O)(=O)C2)cccc1[N+](=O)[O-]. The second-order valence-electron chi connectivity index (χ2n) is 4.67. The monoisotopic (exact) mass is 314 g/mol. The van der Waals surface area contributed by atoms with Gasteiger partial charge in [-0.25, -0.2) is 8.42 Å². The van der Waals surface area contributed by atoms with Gasteiger partial charge in [-0.3, -0.25) is 20.8 Å². The van der Waals surface area contributed by atoms with E-state index >= 15 is 0 Å². The Kier molecular flexibility index (Phi) is 4.09. The second-order valence-corrected chi connectivity index (χ2v) is 6.90. The third-order valence-electron chi connectivity index (χ3n) is 3.20. The number of nitrogens with zero attached hydrogens (tertiary/aromatic N) is 1. The van der Waals surface area contributed by atoms with Gasteiger partial charge in [-0.15, -0.1) is 0 Å². The highest BCUT2D eigenvalue weighted by molar-refractivity contribution is 7.91. The van der Waals surface area contributed by atoms with Gasteiger partial charge in [-0.05, 0) is 12.5 Å². The molecule has 1 aromatic rings. The molecule has 0 aromatic heterocycles. The molecule has 21 heavy (non-hydrogen) atoms. The molecule has 9 nitrogen and oxygen atoms in total. The topological polar surface area (TPSA) is 144 Å². The van der Waals surface area contributed by atoms with Crippen LogP contribution in [0.1, 0.15) is 16.8 Å². The average Bonchev–Trinajstić information content (AvgIpc) is 2.76. The van der Waals surface area contributed by atoms with E-state index in [1.54, 1.807) is 0 Å². The second kappa shape index (κ2) is 5.66. The summed E-state index contributed by atoms with van der Waals surface area (Å²) in [7, 11) is -3.12. The minimum atomic E-state index is -3.12. The van der Waals surface area contributed by atoms with Gasteiger partial charge < -0.3 is 10.7 Å². The fourth-order valence-corrected chi connectivity index (χ4v) is 3.88. The molecule has 1 atom stereocenters. The lowest BCUT2D eigenvalue weighted by Crippen LogP contribution is -2.36. The number of nitro benzene ring substituents is 1. The first kappa shape index (κ1) is 15.2. The zero-order chi connectivity index (χ0) is 15.6. The zero-order valence-corrected chi connectivity index (χ0v) is 11.7. The fourth-order valence-electron chi connectivity index (χ4n) is 2.21. The van der Waals surface area contributed by atoms with Crippen LogP contribution in [0, 0.1) is 10.1 Å². The van der Waals surface area contributed by atoms with E-state index in [9.17, 15) is 23.3 Å². The van der Waals surface area contributed by atoms with E-state index < -0.39 is 26.7 Å². The highest BCUT2D eigenvalue weighted by Gasteiger charge is 2.30. The number of nitrogens with two attached hydrogens (primary N) is 1. The van der Waals surface area contributed by atoms with Crippen LogP contribution in [0.25, 0.3) is 0 Å². The molecule has 10 heteroatoms. The number of carbonyl (C=O) groups excluding carboxylic acids is 1. The van der Waals surface area contributed by atoms with Gasteiger partial charge in [0.05, 0.1) is 22.0 Å². The Balaban J connectivity index is 2.24. The summed E-state index contributed by atoms with van der Waals surface area (Å²) in [6.45, 7) is 0. The van der Waals surface area contributed by atoms with Crippen LogP contribution in [0.3, 0.4) is 0 Å². The van der Waals surface area contributed by atoms with Crippen LogP contribution in [0.5, 0.6) is 0 Å². The van der Waals surface area contributed by atoms with E-state index in [1.165, 1.54) is 18.2 Å². The Morgan fingerprint density at radius 2 is 2.14 bits per heavy atom. The summed E-state index contributed by atoms with van der Waals surface area (Å²) >= 11 is 0. The molecule has 114 valence electrons.